The number of rotatable bonds is 4. The first-order valence-electron chi connectivity index (χ1n) is 8.19. The fourth-order valence-electron chi connectivity index (χ4n) is 3.47. The molecule has 4 nitrogen and oxygen atoms in total. The number of hydrogen-bond acceptors (Lipinski definition) is 4. The molecule has 0 unspecified atom stereocenters. The van der Waals surface area contributed by atoms with E-state index in [1.807, 2.05) is 18.5 Å². The molecule has 22 heavy (non-hydrogen) atoms. The molecule has 0 radical (unpaired) electrons. The third-order valence-corrected chi connectivity index (χ3v) is 4.85. The van der Waals surface area contributed by atoms with Crippen LogP contribution in [-0.2, 0) is 0 Å². The predicted octanol–water partition coefficient (Wildman–Crippen LogP) is 2.40. The van der Waals surface area contributed by atoms with Crippen LogP contribution >= 0.6 is 0 Å². The molecule has 4 rings (SSSR count). The molecule has 2 fully saturated rings. The van der Waals surface area contributed by atoms with Crippen molar-refractivity contribution in [2.24, 2.45) is 5.92 Å². The summed E-state index contributed by atoms with van der Waals surface area (Å²) in [6.45, 7) is 5.55. The number of nitrogens with zero attached hydrogens (tertiary/aromatic N) is 4. The Kier molecular flexibility index (Phi) is 3.77. The minimum atomic E-state index is 0.789. The Bertz CT molecular complexity index is 593. The Balaban J connectivity index is 1.27. The third-order valence-electron chi connectivity index (χ3n) is 4.85. The van der Waals surface area contributed by atoms with Crippen LogP contribution in [0.5, 0.6) is 0 Å². The quantitative estimate of drug-likeness (QED) is 0.867. The molecule has 2 aromatic rings. The van der Waals surface area contributed by atoms with Crippen LogP contribution in [0.25, 0.3) is 0 Å². The van der Waals surface area contributed by atoms with E-state index >= 15 is 0 Å². The zero-order chi connectivity index (χ0) is 14.8. The summed E-state index contributed by atoms with van der Waals surface area (Å²) in [6, 6.07) is 12.8. The van der Waals surface area contributed by atoms with E-state index < -0.39 is 0 Å². The second-order valence-corrected chi connectivity index (χ2v) is 6.35. The van der Waals surface area contributed by atoms with Gasteiger partial charge < -0.3 is 4.90 Å². The van der Waals surface area contributed by atoms with Gasteiger partial charge in [-0.05, 0) is 29.9 Å². The SMILES string of the molecule is c1ccc([C@H]2C[C@@H]2CN2CCN(c3ncccn3)CC2)cc1. The average Bonchev–Trinajstić information content (AvgIpc) is 3.36. The summed E-state index contributed by atoms with van der Waals surface area (Å²) in [7, 11) is 0. The molecule has 1 saturated heterocycles. The van der Waals surface area contributed by atoms with Crippen molar-refractivity contribution in [2.45, 2.75) is 12.3 Å². The zero-order valence-electron chi connectivity index (χ0n) is 12.8. The first kappa shape index (κ1) is 13.7. The van der Waals surface area contributed by atoms with Gasteiger partial charge in [0.2, 0.25) is 5.95 Å². The minimum absolute atomic E-state index is 0.789. The first-order chi connectivity index (χ1) is 10.9. The number of piperazine rings is 1. The van der Waals surface area contributed by atoms with Gasteiger partial charge in [-0.2, -0.15) is 0 Å². The molecule has 1 aromatic carbocycles. The topological polar surface area (TPSA) is 32.3 Å². The molecule has 1 saturated carbocycles. The Morgan fingerprint density at radius 3 is 2.36 bits per heavy atom. The normalized spacial score (nSPS) is 25.2. The van der Waals surface area contributed by atoms with Gasteiger partial charge in [-0.15, -0.1) is 0 Å². The summed E-state index contributed by atoms with van der Waals surface area (Å²) in [5.74, 6) is 2.51. The zero-order valence-corrected chi connectivity index (χ0v) is 12.8. The summed E-state index contributed by atoms with van der Waals surface area (Å²) in [5.41, 5.74) is 1.52. The molecule has 2 atom stereocenters. The van der Waals surface area contributed by atoms with Crippen molar-refractivity contribution in [3.05, 3.63) is 54.4 Å². The fourth-order valence-corrected chi connectivity index (χ4v) is 3.47. The molecular weight excluding hydrogens is 272 g/mol. The molecule has 0 spiro atoms. The van der Waals surface area contributed by atoms with Gasteiger partial charge in [-0.1, -0.05) is 30.3 Å². The predicted molar refractivity (Wildman–Crippen MR) is 88.0 cm³/mol. The smallest absolute Gasteiger partial charge is 0.225 e. The number of anilines is 1. The highest BCUT2D eigenvalue weighted by Gasteiger charge is 2.39. The van der Waals surface area contributed by atoms with E-state index in [1.54, 1.807) is 0 Å². The molecule has 0 amide bonds. The Morgan fingerprint density at radius 1 is 0.909 bits per heavy atom. The van der Waals surface area contributed by atoms with E-state index in [0.29, 0.717) is 0 Å². The summed E-state index contributed by atoms with van der Waals surface area (Å²) >= 11 is 0. The molecule has 0 bridgehead atoms. The molecule has 1 aliphatic heterocycles. The lowest BCUT2D eigenvalue weighted by atomic mass is 10.1. The summed E-state index contributed by atoms with van der Waals surface area (Å²) in [5, 5.41) is 0. The maximum absolute atomic E-state index is 4.35. The Labute approximate surface area is 131 Å². The summed E-state index contributed by atoms with van der Waals surface area (Å²) in [6.07, 6.45) is 5.00. The lowest BCUT2D eigenvalue weighted by Crippen LogP contribution is -2.47. The van der Waals surface area contributed by atoms with Crippen molar-refractivity contribution in [3.8, 4) is 0 Å². The van der Waals surface area contributed by atoms with Gasteiger partial charge in [0, 0.05) is 45.1 Å². The van der Waals surface area contributed by atoms with Crippen LogP contribution in [0.4, 0.5) is 5.95 Å². The Morgan fingerprint density at radius 2 is 1.64 bits per heavy atom. The van der Waals surface area contributed by atoms with Gasteiger partial charge in [0.1, 0.15) is 0 Å². The van der Waals surface area contributed by atoms with E-state index in [2.05, 4.69) is 50.1 Å². The van der Waals surface area contributed by atoms with Crippen LogP contribution in [0.15, 0.2) is 48.8 Å². The third kappa shape index (κ3) is 2.97. The van der Waals surface area contributed by atoms with Crippen molar-refractivity contribution in [1.29, 1.82) is 0 Å². The monoisotopic (exact) mass is 294 g/mol. The van der Waals surface area contributed by atoms with Crippen molar-refractivity contribution in [3.63, 3.8) is 0 Å². The van der Waals surface area contributed by atoms with E-state index in [-0.39, 0.29) is 0 Å². The van der Waals surface area contributed by atoms with Gasteiger partial charge in [-0.3, -0.25) is 4.90 Å². The minimum Gasteiger partial charge on any atom is -0.338 e. The number of aromatic nitrogens is 2. The van der Waals surface area contributed by atoms with Crippen LogP contribution in [0.2, 0.25) is 0 Å². The van der Waals surface area contributed by atoms with Crippen molar-refractivity contribution in [1.82, 2.24) is 14.9 Å². The summed E-state index contributed by atoms with van der Waals surface area (Å²) < 4.78 is 0. The van der Waals surface area contributed by atoms with Crippen LogP contribution in [0, 0.1) is 5.92 Å². The largest absolute Gasteiger partial charge is 0.338 e. The van der Waals surface area contributed by atoms with Gasteiger partial charge in [0.05, 0.1) is 0 Å². The van der Waals surface area contributed by atoms with Crippen molar-refractivity contribution in [2.75, 3.05) is 37.6 Å². The molecule has 1 aliphatic carbocycles. The van der Waals surface area contributed by atoms with Crippen LogP contribution < -0.4 is 4.90 Å². The molecule has 0 N–H and O–H groups in total. The maximum Gasteiger partial charge on any atom is 0.225 e. The van der Waals surface area contributed by atoms with E-state index in [0.717, 1.165) is 44.0 Å². The molecule has 2 heterocycles. The Hall–Kier alpha value is -1.94. The molecular formula is C18H22N4. The molecule has 1 aromatic heterocycles. The van der Waals surface area contributed by atoms with Crippen LogP contribution in [0.3, 0.4) is 0 Å². The lowest BCUT2D eigenvalue weighted by molar-refractivity contribution is 0.245. The number of hydrogen-bond donors (Lipinski definition) is 0. The van der Waals surface area contributed by atoms with E-state index in [9.17, 15) is 0 Å². The second kappa shape index (κ2) is 6.05. The molecule has 2 aliphatic rings. The van der Waals surface area contributed by atoms with E-state index in [4.69, 9.17) is 0 Å². The average molecular weight is 294 g/mol. The van der Waals surface area contributed by atoms with Crippen molar-refractivity contribution < 1.29 is 0 Å². The number of benzene rings is 1. The van der Waals surface area contributed by atoms with Crippen LogP contribution in [-0.4, -0.2) is 47.6 Å². The van der Waals surface area contributed by atoms with E-state index in [1.165, 1.54) is 18.5 Å². The standard InChI is InChI=1S/C18H22N4/c1-2-5-15(6-3-1)17-13-16(17)14-21-9-11-22(12-10-21)18-19-7-4-8-20-18/h1-8,16-17H,9-14H2/t16-,17-/m1/s1. The molecule has 4 heteroatoms. The fraction of sp³-hybridized carbons (Fsp3) is 0.444. The van der Waals surface area contributed by atoms with Crippen molar-refractivity contribution >= 4 is 5.95 Å². The maximum atomic E-state index is 4.35. The van der Waals surface area contributed by atoms with Gasteiger partial charge >= 0.3 is 0 Å². The molecule has 114 valence electrons. The summed E-state index contributed by atoms with van der Waals surface area (Å²) in [4.78, 5) is 13.6. The highest BCUT2D eigenvalue weighted by Crippen LogP contribution is 2.47. The first-order valence-corrected chi connectivity index (χ1v) is 8.19. The lowest BCUT2D eigenvalue weighted by Gasteiger charge is -2.34. The van der Waals surface area contributed by atoms with Crippen LogP contribution in [0.1, 0.15) is 17.9 Å². The highest BCUT2D eigenvalue weighted by molar-refractivity contribution is 5.29. The van der Waals surface area contributed by atoms with Gasteiger partial charge in [0.25, 0.3) is 0 Å². The second-order valence-electron chi connectivity index (χ2n) is 6.35. The van der Waals surface area contributed by atoms with Gasteiger partial charge in [-0.25, -0.2) is 9.97 Å². The highest BCUT2D eigenvalue weighted by atomic mass is 15.3. The van der Waals surface area contributed by atoms with Gasteiger partial charge in [0.15, 0.2) is 0 Å².